The molecule has 142 valence electrons. The first-order valence-electron chi connectivity index (χ1n) is 7.42. The fourth-order valence-corrected chi connectivity index (χ4v) is 2.27. The number of nitrogens with one attached hydrogen (secondary N) is 2. The first-order chi connectivity index (χ1) is 12.1. The fraction of sp³-hybridized carbons (Fsp3) is 0.467. The second kappa shape index (κ2) is 7.77. The number of alkyl halides is 3. The second-order valence-corrected chi connectivity index (χ2v) is 5.46. The van der Waals surface area contributed by atoms with Crippen LogP contribution in [0, 0.1) is 11.8 Å². The van der Waals surface area contributed by atoms with Crippen LogP contribution in [0.2, 0.25) is 0 Å². The first-order valence-corrected chi connectivity index (χ1v) is 7.42. The van der Waals surface area contributed by atoms with Crippen LogP contribution < -0.4 is 10.6 Å². The van der Waals surface area contributed by atoms with Gasteiger partial charge in [0, 0.05) is 12.6 Å². The van der Waals surface area contributed by atoms with Crippen molar-refractivity contribution in [3.8, 4) is 11.8 Å². The fourth-order valence-electron chi connectivity index (χ4n) is 2.27. The Kier molecular flexibility index (Phi) is 5.91. The molecule has 2 aliphatic rings. The van der Waals surface area contributed by atoms with E-state index in [4.69, 9.17) is 9.84 Å². The zero-order valence-corrected chi connectivity index (χ0v) is 13.3. The number of hydrogen-bond acceptors (Lipinski definition) is 5. The summed E-state index contributed by atoms with van der Waals surface area (Å²) < 4.78 is 41.6. The van der Waals surface area contributed by atoms with E-state index < -0.39 is 49.7 Å². The zero-order chi connectivity index (χ0) is 19.5. The quantitative estimate of drug-likeness (QED) is 0.500. The average Bonchev–Trinajstić information content (AvgIpc) is 2.92. The lowest BCUT2D eigenvalue weighted by Crippen LogP contribution is -2.46. The first kappa shape index (κ1) is 19.8. The molecule has 0 aromatic rings. The lowest BCUT2D eigenvalue weighted by Gasteiger charge is -2.30. The molecular formula is C15H16F3N3O5. The molecule has 0 saturated carbocycles. The van der Waals surface area contributed by atoms with Crippen molar-refractivity contribution in [2.24, 2.45) is 0 Å². The van der Waals surface area contributed by atoms with E-state index in [1.165, 1.54) is 6.20 Å². The van der Waals surface area contributed by atoms with Crippen LogP contribution in [0.3, 0.4) is 0 Å². The summed E-state index contributed by atoms with van der Waals surface area (Å²) in [6, 6.07) is -0.596. The molecule has 2 aliphatic heterocycles. The number of allylic oxidation sites excluding steroid dienone is 1. The van der Waals surface area contributed by atoms with Crippen molar-refractivity contribution in [2.75, 3.05) is 13.2 Å². The maximum Gasteiger partial charge on any atom is 0.471 e. The van der Waals surface area contributed by atoms with Gasteiger partial charge in [0.2, 0.25) is 0 Å². The van der Waals surface area contributed by atoms with Crippen molar-refractivity contribution in [2.45, 2.75) is 31.0 Å². The van der Waals surface area contributed by atoms with Gasteiger partial charge >= 0.3 is 18.1 Å². The van der Waals surface area contributed by atoms with E-state index in [9.17, 15) is 27.9 Å². The van der Waals surface area contributed by atoms with Crippen LogP contribution in [-0.4, -0.2) is 64.8 Å². The summed E-state index contributed by atoms with van der Waals surface area (Å²) in [7, 11) is 0. The van der Waals surface area contributed by atoms with Crippen molar-refractivity contribution in [3.63, 3.8) is 0 Å². The maximum absolute atomic E-state index is 12.1. The number of rotatable bonds is 3. The molecule has 0 aromatic heterocycles. The summed E-state index contributed by atoms with van der Waals surface area (Å²) in [5.41, 5.74) is 0.314. The largest absolute Gasteiger partial charge is 0.471 e. The number of aliphatic hydroxyl groups is 2. The van der Waals surface area contributed by atoms with Crippen molar-refractivity contribution >= 4 is 11.9 Å². The Bertz CT molecular complexity index is 695. The van der Waals surface area contributed by atoms with E-state index in [1.807, 2.05) is 0 Å². The highest BCUT2D eigenvalue weighted by atomic mass is 19.4. The molecule has 26 heavy (non-hydrogen) atoms. The predicted octanol–water partition coefficient (Wildman–Crippen LogP) is -0.441. The average molecular weight is 375 g/mol. The van der Waals surface area contributed by atoms with Gasteiger partial charge in [-0.1, -0.05) is 18.4 Å². The lowest BCUT2D eigenvalue weighted by atomic mass is 10.1. The monoisotopic (exact) mass is 375 g/mol. The molecule has 2 rings (SSSR count). The summed E-state index contributed by atoms with van der Waals surface area (Å²) in [6.07, 6.45) is -6.30. The van der Waals surface area contributed by atoms with Crippen molar-refractivity contribution in [1.82, 2.24) is 15.5 Å². The third-order valence-corrected chi connectivity index (χ3v) is 3.60. The van der Waals surface area contributed by atoms with Gasteiger partial charge in [-0.15, -0.1) is 0 Å². The molecule has 3 atom stereocenters. The van der Waals surface area contributed by atoms with Crippen LogP contribution in [0.25, 0.3) is 0 Å². The van der Waals surface area contributed by atoms with E-state index in [2.05, 4.69) is 23.7 Å². The van der Waals surface area contributed by atoms with Gasteiger partial charge in [0.15, 0.2) is 0 Å². The normalized spacial score (nSPS) is 26.0. The highest BCUT2D eigenvalue weighted by molar-refractivity contribution is 5.82. The number of carbonyl (C=O) groups excluding carboxylic acids is 2. The molecule has 0 radical (unpaired) electrons. The lowest BCUT2D eigenvalue weighted by molar-refractivity contribution is -0.173. The van der Waals surface area contributed by atoms with Gasteiger partial charge in [-0.2, -0.15) is 13.2 Å². The van der Waals surface area contributed by atoms with E-state index in [1.54, 1.807) is 5.32 Å². The summed E-state index contributed by atoms with van der Waals surface area (Å²) in [5, 5.41) is 22.8. The summed E-state index contributed by atoms with van der Waals surface area (Å²) in [4.78, 5) is 23.8. The Hall–Kier alpha value is -2.55. The van der Waals surface area contributed by atoms with Crippen LogP contribution in [0.5, 0.6) is 0 Å². The summed E-state index contributed by atoms with van der Waals surface area (Å²) >= 11 is 0. The number of hydrogen-bond donors (Lipinski definition) is 4. The molecule has 4 N–H and O–H groups in total. The van der Waals surface area contributed by atoms with Crippen molar-refractivity contribution < 1.29 is 37.7 Å². The summed E-state index contributed by atoms with van der Waals surface area (Å²) in [5.74, 6) is 2.71. The molecule has 3 unspecified atom stereocenters. The van der Waals surface area contributed by atoms with Crippen LogP contribution >= 0.6 is 0 Å². The minimum absolute atomic E-state index is 0.0595. The molecule has 0 aliphatic carbocycles. The highest BCUT2D eigenvalue weighted by Gasteiger charge is 2.40. The topological polar surface area (TPSA) is 111 Å². The third kappa shape index (κ3) is 4.54. The molecule has 1 saturated heterocycles. The Labute approximate surface area is 146 Å². The number of ether oxygens (including phenoxy) is 1. The van der Waals surface area contributed by atoms with E-state index in [-0.39, 0.29) is 17.7 Å². The van der Waals surface area contributed by atoms with Crippen LogP contribution in [0.4, 0.5) is 18.0 Å². The SMILES string of the molecule is C=C1NC(=O)N(C2CC(O)C(CO)O2)C=C1C#CCNC(=O)C(F)(F)F. The molecule has 3 amide bonds. The number of nitrogens with zero attached hydrogens (tertiary/aromatic N) is 1. The third-order valence-electron chi connectivity index (χ3n) is 3.60. The van der Waals surface area contributed by atoms with Crippen LogP contribution in [-0.2, 0) is 9.53 Å². The molecule has 0 bridgehead atoms. The van der Waals surface area contributed by atoms with E-state index >= 15 is 0 Å². The second-order valence-electron chi connectivity index (χ2n) is 5.46. The van der Waals surface area contributed by atoms with Gasteiger partial charge in [-0.25, -0.2) is 4.79 Å². The number of carbonyl (C=O) groups is 2. The smallest absolute Gasteiger partial charge is 0.394 e. The zero-order valence-electron chi connectivity index (χ0n) is 13.3. The van der Waals surface area contributed by atoms with Crippen LogP contribution in [0.1, 0.15) is 6.42 Å². The van der Waals surface area contributed by atoms with E-state index in [0.717, 1.165) is 4.90 Å². The van der Waals surface area contributed by atoms with Gasteiger partial charge in [0.25, 0.3) is 0 Å². The van der Waals surface area contributed by atoms with Gasteiger partial charge < -0.3 is 25.6 Å². The molecule has 0 aromatic carbocycles. The molecule has 1 fully saturated rings. The molecule has 0 spiro atoms. The standard InChI is InChI=1S/C15H16F3N3O5/c1-8-9(3-2-4-19-13(24)15(16,17)18)6-21(14(25)20-8)12-5-10(23)11(7-22)26-12/h6,10-12,22-23H,1,4-5,7H2,(H,19,24)(H,20,25). The Morgan fingerprint density at radius 1 is 1.54 bits per heavy atom. The van der Waals surface area contributed by atoms with Gasteiger partial charge in [-0.05, 0) is 0 Å². The number of aliphatic hydroxyl groups excluding tert-OH is 2. The predicted molar refractivity (Wildman–Crippen MR) is 80.8 cm³/mol. The van der Waals surface area contributed by atoms with Gasteiger partial charge in [0.05, 0.1) is 30.5 Å². The van der Waals surface area contributed by atoms with Crippen molar-refractivity contribution in [1.29, 1.82) is 0 Å². The van der Waals surface area contributed by atoms with E-state index in [0.29, 0.717) is 0 Å². The highest BCUT2D eigenvalue weighted by Crippen LogP contribution is 2.26. The number of urea groups is 1. The Balaban J connectivity index is 2.06. The molecule has 11 heteroatoms. The minimum atomic E-state index is -5.00. The molecule has 8 nitrogen and oxygen atoms in total. The number of amides is 3. The molecule has 2 heterocycles. The van der Waals surface area contributed by atoms with Crippen LogP contribution in [0.15, 0.2) is 24.0 Å². The Morgan fingerprint density at radius 3 is 2.81 bits per heavy atom. The number of halogens is 3. The van der Waals surface area contributed by atoms with Gasteiger partial charge in [-0.3, -0.25) is 9.69 Å². The molecular weight excluding hydrogens is 359 g/mol. The summed E-state index contributed by atoms with van der Waals surface area (Å²) in [6.45, 7) is 2.60. The van der Waals surface area contributed by atoms with Crippen molar-refractivity contribution in [3.05, 3.63) is 24.0 Å². The maximum atomic E-state index is 12.1. The minimum Gasteiger partial charge on any atom is -0.394 e. The van der Waals surface area contributed by atoms with Gasteiger partial charge in [0.1, 0.15) is 12.3 Å². The Morgan fingerprint density at radius 2 is 2.23 bits per heavy atom.